The summed E-state index contributed by atoms with van der Waals surface area (Å²) < 4.78 is 0. The molecule has 5 heteroatoms. The van der Waals surface area contributed by atoms with Gasteiger partial charge in [0.15, 0.2) is 0 Å². The minimum atomic E-state index is -0.602. The molecule has 1 N–H and O–H groups in total. The summed E-state index contributed by atoms with van der Waals surface area (Å²) in [7, 11) is 2.02. The zero-order chi connectivity index (χ0) is 11.5. The maximum atomic E-state index is 11.4. The van der Waals surface area contributed by atoms with Crippen LogP contribution in [0.4, 0.5) is 0 Å². The first-order valence-corrected chi connectivity index (χ1v) is 5.91. The molecule has 0 bridgehead atoms. The Kier molecular flexibility index (Phi) is 9.30. The fourth-order valence-electron chi connectivity index (χ4n) is 2.33. The number of carboxylic acids is 1. The van der Waals surface area contributed by atoms with Gasteiger partial charge in [-0.2, -0.15) is 0 Å². The van der Waals surface area contributed by atoms with Crippen LogP contribution < -0.4 is 0 Å². The van der Waals surface area contributed by atoms with Crippen LogP contribution in [0.2, 0.25) is 0 Å². The summed E-state index contributed by atoms with van der Waals surface area (Å²) in [5.74, 6) is -0.602. The number of hydrogen-bond donors (Lipinski definition) is 1. The Morgan fingerprint density at radius 1 is 1.24 bits per heavy atom. The van der Waals surface area contributed by atoms with Crippen molar-refractivity contribution < 1.29 is 9.90 Å². The normalized spacial score (nSPS) is 18.4. The van der Waals surface area contributed by atoms with Crippen LogP contribution in [0.1, 0.15) is 46.0 Å². The Balaban J connectivity index is 0. The molecule has 104 valence electrons. The van der Waals surface area contributed by atoms with Gasteiger partial charge < -0.3 is 10.0 Å². The topological polar surface area (TPSA) is 40.5 Å². The van der Waals surface area contributed by atoms with Crippen LogP contribution in [0, 0.1) is 5.41 Å². The molecule has 17 heavy (non-hydrogen) atoms. The molecule has 0 unspecified atom stereocenters. The van der Waals surface area contributed by atoms with Gasteiger partial charge in [-0.05, 0) is 33.7 Å². The molecule has 0 spiro atoms. The molecule has 0 saturated heterocycles. The number of carbonyl (C=O) groups is 1. The Labute approximate surface area is 117 Å². The van der Waals surface area contributed by atoms with Gasteiger partial charge in [0, 0.05) is 12.6 Å². The Morgan fingerprint density at radius 3 is 2.06 bits per heavy atom. The molecule has 1 aliphatic carbocycles. The van der Waals surface area contributed by atoms with Gasteiger partial charge in [-0.25, -0.2) is 0 Å². The van der Waals surface area contributed by atoms with Crippen molar-refractivity contribution in [3.05, 3.63) is 0 Å². The van der Waals surface area contributed by atoms with Crippen molar-refractivity contribution in [3.63, 3.8) is 0 Å². The summed E-state index contributed by atoms with van der Waals surface area (Å²) in [5, 5.41) is 9.39. The zero-order valence-electron chi connectivity index (χ0n) is 10.9. The van der Waals surface area contributed by atoms with E-state index in [2.05, 4.69) is 18.7 Å². The molecule has 0 aromatic rings. The van der Waals surface area contributed by atoms with Crippen molar-refractivity contribution >= 4 is 30.8 Å². The molecule has 0 atom stereocenters. The summed E-state index contributed by atoms with van der Waals surface area (Å²) in [5.41, 5.74) is -0.475. The molecular weight excluding hydrogens is 261 g/mol. The predicted octanol–water partition coefficient (Wildman–Crippen LogP) is 3.21. The van der Waals surface area contributed by atoms with Gasteiger partial charge in [-0.15, -0.1) is 24.8 Å². The molecule has 0 aromatic carbocycles. The van der Waals surface area contributed by atoms with E-state index in [1.165, 1.54) is 6.42 Å². The minimum absolute atomic E-state index is 0. The second-order valence-electron chi connectivity index (χ2n) is 5.16. The van der Waals surface area contributed by atoms with Crippen molar-refractivity contribution in [1.29, 1.82) is 0 Å². The first-order chi connectivity index (χ1) is 6.98. The Bertz CT molecular complexity index is 229. The van der Waals surface area contributed by atoms with Crippen molar-refractivity contribution in [2.75, 3.05) is 13.6 Å². The monoisotopic (exact) mass is 285 g/mol. The van der Waals surface area contributed by atoms with Crippen molar-refractivity contribution in [2.45, 2.75) is 52.0 Å². The quantitative estimate of drug-likeness (QED) is 0.862. The summed E-state index contributed by atoms with van der Waals surface area (Å²) in [6, 6.07) is 0.420. The third-order valence-corrected chi connectivity index (χ3v) is 3.70. The highest BCUT2D eigenvalue weighted by molar-refractivity contribution is 5.85. The Hall–Kier alpha value is 0.01000. The van der Waals surface area contributed by atoms with Gasteiger partial charge >= 0.3 is 5.97 Å². The largest absolute Gasteiger partial charge is 0.481 e. The maximum absolute atomic E-state index is 11.4. The van der Waals surface area contributed by atoms with E-state index in [1.807, 2.05) is 7.05 Å². The highest BCUT2D eigenvalue weighted by Gasteiger charge is 2.40. The molecule has 3 nitrogen and oxygen atoms in total. The number of aliphatic carboxylic acids is 1. The molecule has 1 aliphatic rings. The fourth-order valence-corrected chi connectivity index (χ4v) is 2.33. The van der Waals surface area contributed by atoms with Crippen LogP contribution in [0.3, 0.4) is 0 Å². The average Bonchev–Trinajstić information content (AvgIpc) is 2.18. The second kappa shape index (κ2) is 8.17. The lowest BCUT2D eigenvalue weighted by Crippen LogP contribution is -2.45. The standard InChI is InChI=1S/C12H23NO2.2ClH/c1-10(2)13(3)9-12(11(14)15)7-5-4-6-8-12;;/h10H,4-9H2,1-3H3,(H,14,15);2*1H. The number of rotatable bonds is 4. The summed E-state index contributed by atoms with van der Waals surface area (Å²) >= 11 is 0. The van der Waals surface area contributed by atoms with E-state index in [9.17, 15) is 9.90 Å². The molecule has 0 aliphatic heterocycles. The van der Waals surface area contributed by atoms with Gasteiger partial charge in [-0.1, -0.05) is 19.3 Å². The third-order valence-electron chi connectivity index (χ3n) is 3.70. The molecule has 1 saturated carbocycles. The lowest BCUT2D eigenvalue weighted by molar-refractivity contribution is -0.152. The molecule has 1 fully saturated rings. The highest BCUT2D eigenvalue weighted by atomic mass is 35.5. The molecule has 0 heterocycles. The third kappa shape index (κ3) is 5.02. The Morgan fingerprint density at radius 2 is 1.71 bits per heavy atom. The minimum Gasteiger partial charge on any atom is -0.481 e. The molecule has 0 aromatic heterocycles. The van der Waals surface area contributed by atoms with E-state index in [0.717, 1.165) is 25.7 Å². The zero-order valence-corrected chi connectivity index (χ0v) is 12.6. The summed E-state index contributed by atoms with van der Waals surface area (Å²) in [6.07, 6.45) is 5.02. The molecule has 0 amide bonds. The van der Waals surface area contributed by atoms with Gasteiger partial charge in [0.25, 0.3) is 0 Å². The van der Waals surface area contributed by atoms with E-state index >= 15 is 0 Å². The van der Waals surface area contributed by atoms with Gasteiger partial charge in [0.05, 0.1) is 5.41 Å². The lowest BCUT2D eigenvalue weighted by atomic mass is 9.73. The second-order valence-corrected chi connectivity index (χ2v) is 5.16. The van der Waals surface area contributed by atoms with E-state index in [1.54, 1.807) is 0 Å². The van der Waals surface area contributed by atoms with Crippen molar-refractivity contribution in [3.8, 4) is 0 Å². The van der Waals surface area contributed by atoms with Crippen LogP contribution in [0.25, 0.3) is 0 Å². The number of nitrogens with zero attached hydrogens (tertiary/aromatic N) is 1. The molecule has 1 rings (SSSR count). The predicted molar refractivity (Wildman–Crippen MR) is 75.4 cm³/mol. The van der Waals surface area contributed by atoms with Gasteiger partial charge in [0.2, 0.25) is 0 Å². The van der Waals surface area contributed by atoms with Crippen LogP contribution in [-0.4, -0.2) is 35.6 Å². The average molecular weight is 286 g/mol. The number of hydrogen-bond acceptors (Lipinski definition) is 2. The van der Waals surface area contributed by atoms with Gasteiger partial charge in [0.1, 0.15) is 0 Å². The van der Waals surface area contributed by atoms with E-state index in [4.69, 9.17) is 0 Å². The van der Waals surface area contributed by atoms with Crippen LogP contribution >= 0.6 is 24.8 Å². The molecule has 0 radical (unpaired) electrons. The van der Waals surface area contributed by atoms with Crippen molar-refractivity contribution in [2.24, 2.45) is 5.41 Å². The SMILES string of the molecule is CC(C)N(C)CC1(C(=O)O)CCCCC1.Cl.Cl. The van der Waals surface area contributed by atoms with Crippen LogP contribution in [0.15, 0.2) is 0 Å². The fraction of sp³-hybridized carbons (Fsp3) is 0.917. The number of halogens is 2. The maximum Gasteiger partial charge on any atom is 0.310 e. The smallest absolute Gasteiger partial charge is 0.310 e. The first-order valence-electron chi connectivity index (χ1n) is 5.91. The van der Waals surface area contributed by atoms with Crippen LogP contribution in [0.5, 0.6) is 0 Å². The number of carboxylic acid groups (broad SMARTS) is 1. The summed E-state index contributed by atoms with van der Waals surface area (Å²) in [6.45, 7) is 4.91. The highest BCUT2D eigenvalue weighted by Crippen LogP contribution is 2.37. The first kappa shape index (κ1) is 19.4. The van der Waals surface area contributed by atoms with E-state index < -0.39 is 11.4 Å². The van der Waals surface area contributed by atoms with Crippen LogP contribution in [-0.2, 0) is 4.79 Å². The van der Waals surface area contributed by atoms with Gasteiger partial charge in [-0.3, -0.25) is 4.79 Å². The van der Waals surface area contributed by atoms with Crippen molar-refractivity contribution in [1.82, 2.24) is 4.90 Å². The summed E-state index contributed by atoms with van der Waals surface area (Å²) in [4.78, 5) is 13.6. The van der Waals surface area contributed by atoms with E-state index in [-0.39, 0.29) is 24.8 Å². The van der Waals surface area contributed by atoms with E-state index in [0.29, 0.717) is 12.6 Å². The lowest BCUT2D eigenvalue weighted by Gasteiger charge is -2.37. The molecular formula is C12H25Cl2NO2.